The molecule has 0 saturated heterocycles. The number of pyridine rings is 2. The van der Waals surface area contributed by atoms with Crippen LogP contribution >= 0.6 is 15.9 Å². The zero-order chi connectivity index (χ0) is 21.8. The van der Waals surface area contributed by atoms with E-state index in [-0.39, 0.29) is 0 Å². The molecular formula is C28H20BrN3. The van der Waals surface area contributed by atoms with Gasteiger partial charge in [0.1, 0.15) is 0 Å². The molecule has 32 heavy (non-hydrogen) atoms. The van der Waals surface area contributed by atoms with Gasteiger partial charge in [-0.3, -0.25) is 9.97 Å². The molecule has 0 saturated carbocycles. The molecule has 0 aliphatic rings. The fourth-order valence-electron chi connectivity index (χ4n) is 3.73. The zero-order valence-corrected chi connectivity index (χ0v) is 18.9. The van der Waals surface area contributed by atoms with Crippen LogP contribution < -0.4 is 4.90 Å². The Kier molecular flexibility index (Phi) is 5.77. The van der Waals surface area contributed by atoms with Gasteiger partial charge in [-0.05, 0) is 95.1 Å². The highest BCUT2D eigenvalue weighted by Gasteiger charge is 2.13. The second kappa shape index (κ2) is 9.16. The molecule has 5 rings (SSSR count). The lowest BCUT2D eigenvalue weighted by molar-refractivity contribution is 1.28. The normalized spacial score (nSPS) is 10.7. The summed E-state index contributed by atoms with van der Waals surface area (Å²) in [6.07, 6.45) is 7.28. The van der Waals surface area contributed by atoms with Crippen LogP contribution in [0.5, 0.6) is 0 Å². The van der Waals surface area contributed by atoms with Crippen molar-refractivity contribution in [1.29, 1.82) is 0 Å². The quantitative estimate of drug-likeness (QED) is 0.256. The Morgan fingerprint density at radius 2 is 0.719 bits per heavy atom. The summed E-state index contributed by atoms with van der Waals surface area (Å²) < 4.78 is 1.06. The third-order valence-corrected chi connectivity index (χ3v) is 5.89. The van der Waals surface area contributed by atoms with Crippen molar-refractivity contribution in [1.82, 2.24) is 9.97 Å². The van der Waals surface area contributed by atoms with Crippen molar-refractivity contribution in [2.24, 2.45) is 0 Å². The summed E-state index contributed by atoms with van der Waals surface area (Å²) in [5.74, 6) is 0. The fraction of sp³-hybridized carbons (Fsp3) is 0. The summed E-state index contributed by atoms with van der Waals surface area (Å²) in [7, 11) is 0. The zero-order valence-electron chi connectivity index (χ0n) is 17.3. The first-order chi connectivity index (χ1) is 15.8. The molecule has 4 heteroatoms. The molecule has 2 aromatic heterocycles. The number of hydrogen-bond donors (Lipinski definition) is 0. The molecule has 0 atom stereocenters. The largest absolute Gasteiger partial charge is 0.311 e. The topological polar surface area (TPSA) is 29.0 Å². The van der Waals surface area contributed by atoms with Gasteiger partial charge in [-0.1, -0.05) is 40.2 Å². The Labute approximate surface area is 196 Å². The number of aromatic nitrogens is 2. The predicted molar refractivity (Wildman–Crippen MR) is 135 cm³/mol. The van der Waals surface area contributed by atoms with E-state index in [4.69, 9.17) is 0 Å². The Morgan fingerprint density at radius 1 is 0.406 bits per heavy atom. The van der Waals surface area contributed by atoms with Crippen molar-refractivity contribution in [3.05, 3.63) is 126 Å². The Morgan fingerprint density at radius 3 is 1.09 bits per heavy atom. The number of hydrogen-bond acceptors (Lipinski definition) is 3. The maximum absolute atomic E-state index is 4.12. The first-order valence-electron chi connectivity index (χ1n) is 10.3. The summed E-state index contributed by atoms with van der Waals surface area (Å²) in [5.41, 5.74) is 7.94. The highest BCUT2D eigenvalue weighted by atomic mass is 79.9. The van der Waals surface area contributed by atoms with Gasteiger partial charge in [-0.2, -0.15) is 0 Å². The summed E-state index contributed by atoms with van der Waals surface area (Å²) >= 11 is 3.55. The van der Waals surface area contributed by atoms with Crippen LogP contribution in [0.15, 0.2) is 126 Å². The fourth-order valence-corrected chi connectivity index (χ4v) is 4.00. The second-order valence-corrected chi connectivity index (χ2v) is 8.29. The lowest BCUT2D eigenvalue weighted by Crippen LogP contribution is -2.09. The molecule has 0 fully saturated rings. The van der Waals surface area contributed by atoms with Crippen LogP contribution in [-0.2, 0) is 0 Å². The SMILES string of the molecule is Brc1ccc(N(c2ccc(-c3ccncc3)cc2)c2ccc(-c3ccncc3)cc2)cc1. The molecule has 0 aliphatic carbocycles. The van der Waals surface area contributed by atoms with Crippen LogP contribution in [-0.4, -0.2) is 9.97 Å². The van der Waals surface area contributed by atoms with Crippen LogP contribution in [0.1, 0.15) is 0 Å². The summed E-state index contributed by atoms with van der Waals surface area (Å²) in [4.78, 5) is 10.5. The third kappa shape index (κ3) is 4.32. The molecule has 5 aromatic rings. The maximum atomic E-state index is 4.12. The van der Waals surface area contributed by atoms with E-state index in [1.54, 1.807) is 0 Å². The van der Waals surface area contributed by atoms with E-state index in [0.717, 1.165) is 32.7 Å². The van der Waals surface area contributed by atoms with Crippen molar-refractivity contribution >= 4 is 33.0 Å². The monoisotopic (exact) mass is 477 g/mol. The molecule has 2 heterocycles. The number of benzene rings is 3. The number of rotatable bonds is 5. The molecule has 0 amide bonds. The van der Waals surface area contributed by atoms with E-state index in [0.29, 0.717) is 0 Å². The van der Waals surface area contributed by atoms with Crippen molar-refractivity contribution in [2.75, 3.05) is 4.90 Å². The third-order valence-electron chi connectivity index (χ3n) is 5.36. The van der Waals surface area contributed by atoms with E-state index >= 15 is 0 Å². The lowest BCUT2D eigenvalue weighted by atomic mass is 10.0. The molecule has 3 aromatic carbocycles. The minimum Gasteiger partial charge on any atom is -0.311 e. The van der Waals surface area contributed by atoms with Crippen LogP contribution in [0, 0.1) is 0 Å². The van der Waals surface area contributed by atoms with Gasteiger partial charge in [0.15, 0.2) is 0 Å². The lowest BCUT2D eigenvalue weighted by Gasteiger charge is -2.26. The van der Waals surface area contributed by atoms with E-state index in [1.807, 2.05) is 49.1 Å². The van der Waals surface area contributed by atoms with Crippen molar-refractivity contribution in [2.45, 2.75) is 0 Å². The molecule has 154 valence electrons. The number of nitrogens with zero attached hydrogens (tertiary/aromatic N) is 3. The van der Waals surface area contributed by atoms with Gasteiger partial charge in [-0.15, -0.1) is 0 Å². The van der Waals surface area contributed by atoms with Crippen LogP contribution in [0.4, 0.5) is 17.1 Å². The van der Waals surface area contributed by atoms with Crippen molar-refractivity contribution < 1.29 is 0 Å². The van der Waals surface area contributed by atoms with Gasteiger partial charge >= 0.3 is 0 Å². The summed E-state index contributed by atoms with van der Waals surface area (Å²) in [5, 5.41) is 0. The molecule has 0 N–H and O–H groups in total. The van der Waals surface area contributed by atoms with Gasteiger partial charge < -0.3 is 4.90 Å². The average molecular weight is 478 g/mol. The van der Waals surface area contributed by atoms with E-state index in [9.17, 15) is 0 Å². The molecule has 0 aliphatic heterocycles. The van der Waals surface area contributed by atoms with E-state index in [1.165, 1.54) is 11.1 Å². The highest BCUT2D eigenvalue weighted by molar-refractivity contribution is 9.10. The first-order valence-corrected chi connectivity index (χ1v) is 11.1. The van der Waals surface area contributed by atoms with Gasteiger partial charge in [0, 0.05) is 46.3 Å². The van der Waals surface area contributed by atoms with Crippen LogP contribution in [0.2, 0.25) is 0 Å². The molecule has 0 spiro atoms. The number of anilines is 3. The maximum Gasteiger partial charge on any atom is 0.0462 e. The van der Waals surface area contributed by atoms with Crippen molar-refractivity contribution in [3.8, 4) is 22.3 Å². The average Bonchev–Trinajstić information content (AvgIpc) is 2.87. The minimum absolute atomic E-state index is 1.06. The second-order valence-electron chi connectivity index (χ2n) is 7.38. The van der Waals surface area contributed by atoms with Crippen LogP contribution in [0.3, 0.4) is 0 Å². The molecule has 3 nitrogen and oxygen atoms in total. The number of halogens is 1. The summed E-state index contributed by atoms with van der Waals surface area (Å²) in [6, 6.07) is 33.8. The summed E-state index contributed by atoms with van der Waals surface area (Å²) in [6.45, 7) is 0. The van der Waals surface area contributed by atoms with Crippen LogP contribution in [0.25, 0.3) is 22.3 Å². The standard InChI is InChI=1S/C28H20BrN3/c29-25-5-11-28(12-6-25)32(26-7-1-21(2-8-26)23-13-17-30-18-14-23)27-9-3-22(4-10-27)24-15-19-31-20-16-24/h1-20H. The Balaban J connectivity index is 1.53. The molecule has 0 radical (unpaired) electrons. The minimum atomic E-state index is 1.06. The molecular weight excluding hydrogens is 458 g/mol. The van der Waals surface area contributed by atoms with E-state index < -0.39 is 0 Å². The van der Waals surface area contributed by atoms with Gasteiger partial charge in [0.2, 0.25) is 0 Å². The first kappa shape index (κ1) is 20.2. The van der Waals surface area contributed by atoms with Gasteiger partial charge in [0.25, 0.3) is 0 Å². The highest BCUT2D eigenvalue weighted by Crippen LogP contribution is 2.37. The van der Waals surface area contributed by atoms with E-state index in [2.05, 4.69) is 104 Å². The van der Waals surface area contributed by atoms with Gasteiger partial charge in [0.05, 0.1) is 0 Å². The predicted octanol–water partition coefficient (Wildman–Crippen LogP) is 8.04. The smallest absolute Gasteiger partial charge is 0.0462 e. The molecule has 0 unspecified atom stereocenters. The van der Waals surface area contributed by atoms with Crippen molar-refractivity contribution in [3.63, 3.8) is 0 Å². The Hall–Kier alpha value is -3.76. The Bertz CT molecular complexity index is 1200. The molecule has 0 bridgehead atoms. The van der Waals surface area contributed by atoms with Gasteiger partial charge in [-0.25, -0.2) is 0 Å².